The molecular formula is C20H36NO+. The van der Waals surface area contributed by atoms with Crippen molar-refractivity contribution in [1.82, 2.24) is 0 Å². The Hall–Kier alpha value is -0.890. The average Bonchev–Trinajstić information content (AvgIpc) is 2.56. The standard InChI is InChI=1S/C20H36NO/c1-3-5-6-7-8-9-10-11-12-13-17-22-19-21-16-14-15-20(4-2)18-21/h14-16,18H,3-13,17,19H2,1-2H3/q+1. The van der Waals surface area contributed by atoms with Gasteiger partial charge in [-0.3, -0.25) is 0 Å². The molecule has 0 amide bonds. The van der Waals surface area contributed by atoms with E-state index >= 15 is 0 Å². The Labute approximate surface area is 137 Å². The van der Waals surface area contributed by atoms with Crippen LogP contribution < -0.4 is 4.57 Å². The van der Waals surface area contributed by atoms with Crippen LogP contribution in [0.15, 0.2) is 24.5 Å². The van der Waals surface area contributed by atoms with Crippen LogP contribution >= 0.6 is 0 Å². The first-order chi connectivity index (χ1) is 10.9. The van der Waals surface area contributed by atoms with Crippen molar-refractivity contribution in [2.24, 2.45) is 0 Å². The van der Waals surface area contributed by atoms with E-state index in [0.29, 0.717) is 6.73 Å². The molecule has 0 saturated carbocycles. The smallest absolute Gasteiger partial charge is 0.252 e. The van der Waals surface area contributed by atoms with Crippen molar-refractivity contribution in [2.75, 3.05) is 6.61 Å². The summed E-state index contributed by atoms with van der Waals surface area (Å²) in [5.74, 6) is 0. The van der Waals surface area contributed by atoms with Crippen LogP contribution in [-0.4, -0.2) is 6.61 Å². The highest BCUT2D eigenvalue weighted by molar-refractivity contribution is 5.04. The molecule has 1 aromatic heterocycles. The van der Waals surface area contributed by atoms with E-state index < -0.39 is 0 Å². The number of hydrogen-bond donors (Lipinski definition) is 0. The molecule has 1 rings (SSSR count). The highest BCUT2D eigenvalue weighted by atomic mass is 16.5. The second kappa shape index (κ2) is 13.8. The molecule has 0 aromatic carbocycles. The van der Waals surface area contributed by atoms with Gasteiger partial charge in [0.15, 0.2) is 12.4 Å². The van der Waals surface area contributed by atoms with Crippen molar-refractivity contribution in [3.05, 3.63) is 30.1 Å². The van der Waals surface area contributed by atoms with E-state index in [9.17, 15) is 0 Å². The largest absolute Gasteiger partial charge is 0.323 e. The van der Waals surface area contributed by atoms with Crippen LogP contribution in [0.2, 0.25) is 0 Å². The molecule has 0 unspecified atom stereocenters. The van der Waals surface area contributed by atoms with Crippen molar-refractivity contribution in [1.29, 1.82) is 0 Å². The van der Waals surface area contributed by atoms with Gasteiger partial charge >= 0.3 is 0 Å². The predicted octanol–water partition coefficient (Wildman–Crippen LogP) is 5.43. The monoisotopic (exact) mass is 306 g/mol. The summed E-state index contributed by atoms with van der Waals surface area (Å²) in [7, 11) is 0. The van der Waals surface area contributed by atoms with Gasteiger partial charge in [-0.05, 0) is 18.9 Å². The van der Waals surface area contributed by atoms with Crippen LogP contribution in [0, 0.1) is 0 Å². The summed E-state index contributed by atoms with van der Waals surface area (Å²) in [6.07, 6.45) is 19.1. The quantitative estimate of drug-likeness (QED) is 0.330. The zero-order valence-corrected chi connectivity index (χ0v) is 14.9. The predicted molar refractivity (Wildman–Crippen MR) is 93.8 cm³/mol. The Kier molecular flexibility index (Phi) is 12.0. The second-order valence-electron chi connectivity index (χ2n) is 6.30. The summed E-state index contributed by atoms with van der Waals surface area (Å²) in [6, 6.07) is 4.27. The number of aryl methyl sites for hydroxylation is 1. The maximum atomic E-state index is 5.75. The molecule has 2 nitrogen and oxygen atoms in total. The molecule has 126 valence electrons. The van der Waals surface area contributed by atoms with Crippen LogP contribution in [0.1, 0.15) is 83.6 Å². The van der Waals surface area contributed by atoms with E-state index in [1.54, 1.807) is 0 Å². The van der Waals surface area contributed by atoms with E-state index in [2.05, 4.69) is 42.9 Å². The van der Waals surface area contributed by atoms with Crippen LogP contribution in [0.5, 0.6) is 0 Å². The normalized spacial score (nSPS) is 11.0. The maximum absolute atomic E-state index is 5.75. The van der Waals surface area contributed by atoms with Gasteiger partial charge in [-0.25, -0.2) is 0 Å². The van der Waals surface area contributed by atoms with Gasteiger partial charge in [-0.15, -0.1) is 0 Å². The fraction of sp³-hybridized carbons (Fsp3) is 0.750. The topological polar surface area (TPSA) is 13.1 Å². The third-order valence-corrected chi connectivity index (χ3v) is 4.21. The molecule has 0 saturated heterocycles. The molecule has 1 aromatic rings. The Morgan fingerprint density at radius 1 is 0.864 bits per heavy atom. The second-order valence-corrected chi connectivity index (χ2v) is 6.30. The highest BCUT2D eigenvalue weighted by Gasteiger charge is 2.01. The van der Waals surface area contributed by atoms with Gasteiger partial charge < -0.3 is 4.74 Å². The van der Waals surface area contributed by atoms with Gasteiger partial charge in [0.05, 0.1) is 6.61 Å². The number of ether oxygens (including phenoxy) is 1. The Bertz CT molecular complexity index is 364. The third kappa shape index (κ3) is 9.94. The van der Waals surface area contributed by atoms with Crippen LogP contribution in [0.4, 0.5) is 0 Å². The van der Waals surface area contributed by atoms with E-state index in [0.717, 1.165) is 13.0 Å². The summed E-state index contributed by atoms with van der Waals surface area (Å²) in [5.41, 5.74) is 1.37. The van der Waals surface area contributed by atoms with Gasteiger partial charge in [-0.2, -0.15) is 4.57 Å². The van der Waals surface area contributed by atoms with Gasteiger partial charge in [-0.1, -0.05) is 71.6 Å². The molecule has 0 fully saturated rings. The van der Waals surface area contributed by atoms with E-state index in [4.69, 9.17) is 4.74 Å². The Balaban J connectivity index is 1.87. The molecule has 0 N–H and O–H groups in total. The molecule has 0 atom stereocenters. The molecule has 2 heteroatoms. The van der Waals surface area contributed by atoms with Crippen LogP contribution in [0.3, 0.4) is 0 Å². The number of hydrogen-bond acceptors (Lipinski definition) is 1. The Morgan fingerprint density at radius 2 is 1.50 bits per heavy atom. The number of pyridine rings is 1. The van der Waals surface area contributed by atoms with Crippen molar-refractivity contribution in [3.8, 4) is 0 Å². The minimum Gasteiger partial charge on any atom is -0.323 e. The summed E-state index contributed by atoms with van der Waals surface area (Å²) in [6.45, 7) is 6.04. The summed E-state index contributed by atoms with van der Waals surface area (Å²) < 4.78 is 7.89. The lowest BCUT2D eigenvalue weighted by atomic mass is 10.1. The zero-order valence-electron chi connectivity index (χ0n) is 14.9. The van der Waals surface area contributed by atoms with Crippen LogP contribution in [0.25, 0.3) is 0 Å². The number of unbranched alkanes of at least 4 members (excludes halogenated alkanes) is 9. The van der Waals surface area contributed by atoms with Crippen molar-refractivity contribution in [3.63, 3.8) is 0 Å². The molecule has 0 bridgehead atoms. The van der Waals surface area contributed by atoms with Gasteiger partial charge in [0.25, 0.3) is 6.73 Å². The third-order valence-electron chi connectivity index (χ3n) is 4.21. The molecule has 1 heterocycles. The number of aromatic nitrogens is 1. The zero-order chi connectivity index (χ0) is 15.9. The SMILES string of the molecule is CCCCCCCCCCCCOC[n+]1cccc(CC)c1. The van der Waals surface area contributed by atoms with Crippen molar-refractivity contribution >= 4 is 0 Å². The van der Waals surface area contributed by atoms with Crippen molar-refractivity contribution in [2.45, 2.75) is 91.2 Å². The summed E-state index contributed by atoms with van der Waals surface area (Å²) in [5, 5.41) is 0. The molecule has 0 aliphatic rings. The lowest BCUT2D eigenvalue weighted by molar-refractivity contribution is -0.733. The lowest BCUT2D eigenvalue weighted by Crippen LogP contribution is -2.34. The first-order valence-electron chi connectivity index (χ1n) is 9.42. The van der Waals surface area contributed by atoms with Crippen molar-refractivity contribution < 1.29 is 9.30 Å². The molecule has 22 heavy (non-hydrogen) atoms. The molecular weight excluding hydrogens is 270 g/mol. The first kappa shape index (κ1) is 19.2. The minimum atomic E-state index is 0.686. The molecule has 0 aliphatic carbocycles. The van der Waals surface area contributed by atoms with E-state index in [-0.39, 0.29) is 0 Å². The summed E-state index contributed by atoms with van der Waals surface area (Å²) in [4.78, 5) is 0. The van der Waals surface area contributed by atoms with Gasteiger partial charge in [0, 0.05) is 11.6 Å². The number of rotatable bonds is 14. The summed E-state index contributed by atoms with van der Waals surface area (Å²) >= 11 is 0. The molecule has 0 radical (unpaired) electrons. The van der Waals surface area contributed by atoms with Crippen LogP contribution in [-0.2, 0) is 17.9 Å². The average molecular weight is 307 g/mol. The first-order valence-corrected chi connectivity index (χ1v) is 9.42. The highest BCUT2D eigenvalue weighted by Crippen LogP contribution is 2.10. The maximum Gasteiger partial charge on any atom is 0.252 e. The lowest BCUT2D eigenvalue weighted by Gasteiger charge is -2.03. The Morgan fingerprint density at radius 3 is 2.14 bits per heavy atom. The fourth-order valence-corrected chi connectivity index (χ4v) is 2.73. The molecule has 0 spiro atoms. The van der Waals surface area contributed by atoms with Gasteiger partial charge in [0.2, 0.25) is 0 Å². The van der Waals surface area contributed by atoms with E-state index in [1.807, 2.05) is 0 Å². The molecule has 0 aliphatic heterocycles. The minimum absolute atomic E-state index is 0.686. The number of nitrogens with zero attached hydrogens (tertiary/aromatic N) is 1. The fourth-order valence-electron chi connectivity index (χ4n) is 2.73. The van der Waals surface area contributed by atoms with Gasteiger partial charge in [0.1, 0.15) is 0 Å². The van der Waals surface area contributed by atoms with E-state index in [1.165, 1.54) is 69.8 Å².